The predicted molar refractivity (Wildman–Crippen MR) is 183 cm³/mol. The van der Waals surface area contributed by atoms with E-state index in [1.807, 2.05) is 0 Å². The smallest absolute Gasteiger partial charge is 0.326 e. The third-order valence-electron chi connectivity index (χ3n) is 7.46. The number of carboxylic acid groups (broad SMARTS) is 1. The van der Waals surface area contributed by atoms with E-state index in [-0.39, 0.29) is 12.8 Å². The summed E-state index contributed by atoms with van der Waals surface area (Å²) in [7, 11) is 0. The molecule has 52 heavy (non-hydrogen) atoms. The van der Waals surface area contributed by atoms with Crippen LogP contribution in [-0.2, 0) is 49.6 Å². The van der Waals surface area contributed by atoms with Crippen LogP contribution in [0.1, 0.15) is 57.9 Å². The largest absolute Gasteiger partial charge is 0.480 e. The summed E-state index contributed by atoms with van der Waals surface area (Å²) in [4.78, 5) is 112. The molecule has 288 valence electrons. The number of amides is 8. The number of hydrogen-bond donors (Lipinski definition) is 11. The second-order valence-electron chi connectivity index (χ2n) is 11.9. The summed E-state index contributed by atoms with van der Waals surface area (Å²) < 4.78 is 0. The van der Waals surface area contributed by atoms with Gasteiger partial charge in [-0.3, -0.25) is 38.4 Å². The van der Waals surface area contributed by atoms with Crippen molar-refractivity contribution in [1.82, 2.24) is 31.9 Å². The maximum Gasteiger partial charge on any atom is 0.326 e. The first-order valence-corrected chi connectivity index (χ1v) is 16.4. The topological polar surface area (TPSA) is 344 Å². The number of carbonyl (C=O) groups excluding carboxylic acids is 8. The van der Waals surface area contributed by atoms with Gasteiger partial charge in [0.1, 0.15) is 36.3 Å². The zero-order chi connectivity index (χ0) is 39.4. The standard InChI is InChI=1S/C32H49N9O11/c1-17(36-28(47)20(37-18(2)43)10-6-7-13-33)27(46)41-24(16-42)31(50)38-21(11-12-25(34)44)29(48)39-22(15-26(35)45)30(49)40-23(32(51)52)14-19-8-4-3-5-9-19/h3-5,8-9,17,20-24,42H,6-7,10-16,33H2,1-2H3,(H2,34,44)(H2,35,45)(H,36,47)(H,37,43)(H,38,50)(H,39,48)(H,40,49)(H,41,46)(H,51,52). The molecule has 0 aliphatic rings. The molecule has 20 heteroatoms. The molecular weight excluding hydrogens is 686 g/mol. The van der Waals surface area contributed by atoms with Gasteiger partial charge in [0.25, 0.3) is 0 Å². The van der Waals surface area contributed by atoms with E-state index in [0.29, 0.717) is 24.9 Å². The summed E-state index contributed by atoms with van der Waals surface area (Å²) in [5.41, 5.74) is 16.5. The van der Waals surface area contributed by atoms with Gasteiger partial charge in [0.2, 0.25) is 47.3 Å². The fourth-order valence-corrected chi connectivity index (χ4v) is 4.71. The summed E-state index contributed by atoms with van der Waals surface area (Å²) in [5, 5.41) is 33.4. The SMILES string of the molecule is CC(=O)NC(CCCCN)C(=O)NC(C)C(=O)NC(CO)C(=O)NC(CCC(N)=O)C(=O)NC(CC(N)=O)C(=O)NC(Cc1ccccc1)C(=O)O. The number of rotatable bonds is 24. The predicted octanol–water partition coefficient (Wildman–Crippen LogP) is -4.48. The Kier molecular flexibility index (Phi) is 19.6. The lowest BCUT2D eigenvalue weighted by molar-refractivity contribution is -0.142. The molecule has 8 amide bonds. The van der Waals surface area contributed by atoms with Gasteiger partial charge in [-0.2, -0.15) is 0 Å². The Morgan fingerprint density at radius 3 is 1.71 bits per heavy atom. The van der Waals surface area contributed by atoms with Crippen LogP contribution >= 0.6 is 0 Å². The average molecular weight is 736 g/mol. The number of aliphatic hydroxyl groups is 1. The van der Waals surface area contributed by atoms with E-state index in [4.69, 9.17) is 17.2 Å². The maximum absolute atomic E-state index is 13.3. The molecule has 0 heterocycles. The van der Waals surface area contributed by atoms with Crippen molar-refractivity contribution in [3.05, 3.63) is 35.9 Å². The number of benzene rings is 1. The van der Waals surface area contributed by atoms with E-state index >= 15 is 0 Å². The Hall–Kier alpha value is -5.63. The number of aliphatic hydroxyl groups excluding tert-OH is 1. The molecule has 0 spiro atoms. The van der Waals surface area contributed by atoms with Crippen LogP contribution in [0.5, 0.6) is 0 Å². The third-order valence-corrected chi connectivity index (χ3v) is 7.46. The molecule has 0 fully saturated rings. The Morgan fingerprint density at radius 1 is 0.654 bits per heavy atom. The first-order valence-electron chi connectivity index (χ1n) is 16.4. The van der Waals surface area contributed by atoms with E-state index in [0.717, 1.165) is 0 Å². The molecule has 6 unspecified atom stereocenters. The molecule has 6 atom stereocenters. The number of unbranched alkanes of at least 4 members (excludes halogenated alkanes) is 1. The lowest BCUT2D eigenvalue weighted by Gasteiger charge is -2.26. The first kappa shape index (κ1) is 44.4. The summed E-state index contributed by atoms with van der Waals surface area (Å²) in [6, 6.07) is -0.450. The fraction of sp³-hybridized carbons (Fsp3) is 0.531. The molecule has 14 N–H and O–H groups in total. The van der Waals surface area contributed by atoms with Crippen molar-refractivity contribution in [2.75, 3.05) is 13.2 Å². The number of aliphatic carboxylic acids is 1. The second kappa shape index (κ2) is 23.0. The number of carboxylic acids is 1. The van der Waals surface area contributed by atoms with E-state index in [2.05, 4.69) is 31.9 Å². The van der Waals surface area contributed by atoms with Crippen molar-refractivity contribution < 1.29 is 53.4 Å². The molecular formula is C32H49N9O11. The number of nitrogens with one attached hydrogen (secondary N) is 6. The zero-order valence-electron chi connectivity index (χ0n) is 29.0. The van der Waals surface area contributed by atoms with E-state index in [1.54, 1.807) is 30.3 Å². The quantitative estimate of drug-likeness (QED) is 0.0448. The lowest BCUT2D eigenvalue weighted by atomic mass is 10.0. The number of hydrogen-bond acceptors (Lipinski definition) is 11. The van der Waals surface area contributed by atoms with E-state index in [1.165, 1.54) is 13.8 Å². The fourth-order valence-electron chi connectivity index (χ4n) is 4.71. The van der Waals surface area contributed by atoms with Crippen molar-refractivity contribution in [3.63, 3.8) is 0 Å². The van der Waals surface area contributed by atoms with Crippen molar-refractivity contribution in [3.8, 4) is 0 Å². The van der Waals surface area contributed by atoms with Crippen LogP contribution in [-0.4, -0.2) is 113 Å². The highest BCUT2D eigenvalue weighted by molar-refractivity contribution is 5.98. The number of carbonyl (C=O) groups is 9. The first-order chi connectivity index (χ1) is 24.5. The van der Waals surface area contributed by atoms with Crippen LogP contribution in [0.2, 0.25) is 0 Å². The minimum atomic E-state index is -1.72. The molecule has 0 bridgehead atoms. The highest BCUT2D eigenvalue weighted by Crippen LogP contribution is 2.07. The molecule has 0 saturated heterocycles. The molecule has 20 nitrogen and oxygen atoms in total. The number of nitrogens with two attached hydrogens (primary N) is 3. The average Bonchev–Trinajstić information content (AvgIpc) is 3.07. The van der Waals surface area contributed by atoms with Gasteiger partial charge in [0.15, 0.2) is 0 Å². The summed E-state index contributed by atoms with van der Waals surface area (Å²) in [6.45, 7) is 1.89. The summed E-state index contributed by atoms with van der Waals surface area (Å²) in [5.74, 6) is -8.75. The minimum Gasteiger partial charge on any atom is -0.480 e. The van der Waals surface area contributed by atoms with E-state index < -0.39 is 115 Å². The molecule has 0 aliphatic heterocycles. The van der Waals surface area contributed by atoms with Crippen LogP contribution in [0.3, 0.4) is 0 Å². The van der Waals surface area contributed by atoms with Crippen molar-refractivity contribution in [2.45, 2.75) is 95.0 Å². The van der Waals surface area contributed by atoms with Gasteiger partial charge >= 0.3 is 5.97 Å². The minimum absolute atomic E-state index is 0.141. The Labute approximate surface area is 299 Å². The van der Waals surface area contributed by atoms with Gasteiger partial charge in [0.05, 0.1) is 13.0 Å². The van der Waals surface area contributed by atoms with E-state index in [9.17, 15) is 53.4 Å². The molecule has 0 saturated carbocycles. The molecule has 1 aromatic carbocycles. The van der Waals surface area contributed by atoms with Crippen LogP contribution in [0.25, 0.3) is 0 Å². The highest BCUT2D eigenvalue weighted by Gasteiger charge is 2.33. The molecule has 0 radical (unpaired) electrons. The Balaban J connectivity index is 3.07. The summed E-state index contributed by atoms with van der Waals surface area (Å²) >= 11 is 0. The van der Waals surface area contributed by atoms with Crippen LogP contribution < -0.4 is 49.1 Å². The van der Waals surface area contributed by atoms with Gasteiger partial charge in [-0.25, -0.2) is 4.79 Å². The van der Waals surface area contributed by atoms with Crippen molar-refractivity contribution >= 4 is 53.2 Å². The van der Waals surface area contributed by atoms with Crippen LogP contribution in [0.4, 0.5) is 0 Å². The van der Waals surface area contributed by atoms with Gasteiger partial charge in [-0.1, -0.05) is 30.3 Å². The lowest BCUT2D eigenvalue weighted by Crippen LogP contribution is -2.60. The third kappa shape index (κ3) is 16.9. The number of primary amides is 2. The highest BCUT2D eigenvalue weighted by atomic mass is 16.4. The van der Waals surface area contributed by atoms with Gasteiger partial charge in [-0.05, 0) is 44.7 Å². The van der Waals surface area contributed by atoms with Crippen molar-refractivity contribution in [1.29, 1.82) is 0 Å². The zero-order valence-corrected chi connectivity index (χ0v) is 29.0. The normalized spacial score (nSPS) is 14.2. The van der Waals surface area contributed by atoms with Gasteiger partial charge < -0.3 is 59.3 Å². The molecule has 0 aromatic heterocycles. The summed E-state index contributed by atoms with van der Waals surface area (Å²) in [6.07, 6.45) is -0.469. The monoisotopic (exact) mass is 735 g/mol. The second-order valence-corrected chi connectivity index (χ2v) is 11.9. The van der Waals surface area contributed by atoms with Crippen LogP contribution in [0, 0.1) is 0 Å². The molecule has 0 aliphatic carbocycles. The van der Waals surface area contributed by atoms with Crippen molar-refractivity contribution in [2.24, 2.45) is 17.2 Å². The molecule has 1 rings (SSSR count). The Morgan fingerprint density at radius 2 is 1.17 bits per heavy atom. The van der Waals surface area contributed by atoms with Crippen LogP contribution in [0.15, 0.2) is 30.3 Å². The Bertz CT molecular complexity index is 1430. The molecule has 1 aromatic rings. The van der Waals surface area contributed by atoms with Gasteiger partial charge in [-0.15, -0.1) is 0 Å². The van der Waals surface area contributed by atoms with Gasteiger partial charge in [0, 0.05) is 19.8 Å². The maximum atomic E-state index is 13.3.